The number of anilines is 4. The number of para-hydroxylation sites is 1. The number of aromatic hydroxyl groups is 1. The number of nitro groups is 1. The molecule has 1 unspecified atom stereocenters. The lowest BCUT2D eigenvalue weighted by atomic mass is 10.1. The SMILES string of the molecule is C=C(S(=O)O)S(=O)(=O)CO.COc1ccc2c(c1)nc1c(C#N)c(C)c(N=Nc3cc(C)c(N=Nc4cc(Nc5nc(Nc6ccccc6)nc(SCCCS(=O)(=O)O)n5)c(N=Nc5cc(C)c(N=Nc6ccc([N+](=O)[O-])cc6S(=O)(=O)O)cc5SCCCS(=O)(=O)O)cc4SCCCS(=O)(=O)O)cc3OCCCS(=O)(=O)O)c(O)n12.O=S(=O)=O. The van der Waals surface area contributed by atoms with Gasteiger partial charge in [-0.1, -0.05) is 36.5 Å². The third-order valence-corrected chi connectivity index (χ3v) is 25.2. The number of aryl methyl sites for hydroxylation is 2. The molecule has 10 N–H and O–H groups in total. The minimum absolute atomic E-state index is 0.000887. The highest BCUT2D eigenvalue weighted by Crippen LogP contribution is 2.46. The van der Waals surface area contributed by atoms with Gasteiger partial charge in [-0.2, -0.15) is 72.5 Å². The van der Waals surface area contributed by atoms with Gasteiger partial charge in [0.1, 0.15) is 56.7 Å². The number of aromatic nitrogens is 5. The number of thioether (sulfide) groups is 3. The number of hydrogen-bond acceptors (Lipinski definition) is 40. The molecule has 45 nitrogen and oxygen atoms in total. The van der Waals surface area contributed by atoms with Gasteiger partial charge in [-0.15, -0.1) is 66.8 Å². The maximum Gasteiger partial charge on any atom is 0.425 e. The van der Waals surface area contributed by atoms with Crippen molar-refractivity contribution in [3.05, 3.63) is 146 Å². The molecule has 0 saturated heterocycles. The zero-order valence-corrected chi connectivity index (χ0v) is 71.1. The van der Waals surface area contributed by atoms with E-state index in [9.17, 15) is 98.0 Å². The van der Waals surface area contributed by atoms with Crippen molar-refractivity contribution in [2.45, 2.75) is 66.3 Å². The van der Waals surface area contributed by atoms with Gasteiger partial charge in [0.2, 0.25) is 27.6 Å². The number of azo groups is 4. The second-order valence-corrected chi connectivity index (χ2v) is 38.7. The quantitative estimate of drug-likeness (QED) is 0.00327. The lowest BCUT2D eigenvalue weighted by Gasteiger charge is -2.14. The van der Waals surface area contributed by atoms with Crippen molar-refractivity contribution >= 4 is 209 Å². The van der Waals surface area contributed by atoms with Crippen LogP contribution in [0.4, 0.5) is 74.5 Å². The minimum Gasteiger partial charge on any atom is -0.497 e. The van der Waals surface area contributed by atoms with E-state index in [0.717, 1.165) is 47.4 Å². The largest absolute Gasteiger partial charge is 0.497 e. The third-order valence-electron chi connectivity index (χ3n) is 15.3. The van der Waals surface area contributed by atoms with E-state index >= 15 is 0 Å². The number of rotatable bonds is 38. The standard InChI is InChI=1S/C61H61N17O20S8.C3H6O5S2.O3S/c1-35-26-48(73-76-56-37(3)41(34-62)57-64-47-29-40(97-4)15-17-51(47)77(57)58(56)79)52(98-18-8-22-102(82,83)84)31-43(35)70-75-50-30-45(65-60-66-59(63-38-12-6-5-7-13-38)67-61(68-60)101-21-11-25-105(91,92)93)46(33-54(50)100-20-10-24-104(88,89)90)72-74-49-27-36(2)44(32-53(49)99-19-9-23-103(85,86)87)71-69-42-16-14-39(78(80)81)28-55(42)106(94,95)96;1-3(9(5)6)10(7,8)2-4;1-4(2)3/h5-7,12-17,26-33,79H,8-11,18-25H2,1-4H3,(H,82,83,84)(H,85,86,87)(H,88,89,90)(H,91,92,93)(H,94,95,96)(H2,63,65,66,67,68);4H,1-2H2,(H,5,6);. The van der Waals surface area contributed by atoms with Gasteiger partial charge in [-0.25, -0.2) is 17.6 Å². The number of nitrogens with one attached hydrogen (secondary N) is 2. The molecule has 3 heterocycles. The van der Waals surface area contributed by atoms with Crippen LogP contribution >= 0.6 is 35.3 Å². The summed E-state index contributed by atoms with van der Waals surface area (Å²) in [7, 11) is -28.4. The van der Waals surface area contributed by atoms with Gasteiger partial charge in [0.25, 0.3) is 56.3 Å². The first-order valence-electron chi connectivity index (χ1n) is 33.3. The minimum atomic E-state index is -5.10. The van der Waals surface area contributed by atoms with Gasteiger partial charge in [0.15, 0.2) is 31.8 Å². The van der Waals surface area contributed by atoms with Crippen molar-refractivity contribution in [1.82, 2.24) is 24.3 Å². The molecule has 3 aromatic heterocycles. The van der Waals surface area contributed by atoms with Gasteiger partial charge in [-0.3, -0.25) is 37.3 Å². The number of benzene rings is 6. The molecule has 0 aliphatic heterocycles. The average Bonchev–Trinajstić information content (AvgIpc) is 1.47. The van der Waals surface area contributed by atoms with Crippen LogP contribution in [-0.2, 0) is 82.1 Å². The third kappa shape index (κ3) is 29.8. The predicted octanol–water partition coefficient (Wildman–Crippen LogP) is 12.3. The molecule has 0 radical (unpaired) electrons. The van der Waals surface area contributed by atoms with Gasteiger partial charge >= 0.3 is 10.6 Å². The monoisotopic (exact) mass is 1870 g/mol. The van der Waals surface area contributed by atoms with Crippen LogP contribution in [0.3, 0.4) is 0 Å². The molecule has 0 saturated carbocycles. The molecule has 56 heteroatoms. The fourth-order valence-electron chi connectivity index (χ4n) is 9.74. The molecule has 0 bridgehead atoms. The first-order chi connectivity index (χ1) is 56.2. The molecule has 120 heavy (non-hydrogen) atoms. The smallest absolute Gasteiger partial charge is 0.425 e. The highest BCUT2D eigenvalue weighted by atomic mass is 32.3. The molecule has 9 rings (SSSR count). The number of non-ortho nitro benzene ring substituents is 1. The number of methoxy groups -OCH3 is 1. The van der Waals surface area contributed by atoms with Crippen molar-refractivity contribution < 1.29 is 119 Å². The highest BCUT2D eigenvalue weighted by Gasteiger charge is 2.26. The van der Waals surface area contributed by atoms with Crippen LogP contribution in [0.2, 0.25) is 0 Å². The Bertz CT molecular complexity index is 6460. The Morgan fingerprint density at radius 3 is 1.63 bits per heavy atom. The molecule has 0 aliphatic carbocycles. The number of aliphatic hydroxyl groups excluding tert-OH is 1. The van der Waals surface area contributed by atoms with E-state index in [1.54, 1.807) is 62.4 Å². The zero-order valence-electron chi connectivity index (χ0n) is 62.2. The van der Waals surface area contributed by atoms with Crippen molar-refractivity contribution in [2.24, 2.45) is 40.9 Å². The predicted molar refractivity (Wildman–Crippen MR) is 439 cm³/mol. The van der Waals surface area contributed by atoms with Gasteiger partial charge < -0.3 is 34.9 Å². The Morgan fingerprint density at radius 1 is 0.608 bits per heavy atom. The molecule has 6 aromatic carbocycles. The Labute approximate surface area is 699 Å². The second-order valence-electron chi connectivity index (χ2n) is 24.0. The van der Waals surface area contributed by atoms with Crippen molar-refractivity contribution in [3.63, 3.8) is 0 Å². The topological polar surface area (TPSA) is 699 Å². The van der Waals surface area contributed by atoms with E-state index < -0.39 is 142 Å². The van der Waals surface area contributed by atoms with Gasteiger partial charge in [0.05, 0.1) is 75.4 Å². The average molecular weight is 1880 g/mol. The normalized spacial score (nSPS) is 12.5. The summed E-state index contributed by atoms with van der Waals surface area (Å²) in [4.78, 5) is 28.5. The summed E-state index contributed by atoms with van der Waals surface area (Å²) in [6.45, 7) is 7.17. The Hall–Kier alpha value is -10.4. The van der Waals surface area contributed by atoms with Gasteiger partial charge in [0, 0.05) is 51.1 Å². The molecule has 0 aliphatic rings. The fourth-order valence-corrected chi connectivity index (χ4v) is 16.8. The summed E-state index contributed by atoms with van der Waals surface area (Å²) in [5, 5.41) is 83.7. The van der Waals surface area contributed by atoms with Crippen LogP contribution < -0.4 is 20.1 Å². The molecule has 642 valence electrons. The maximum atomic E-state index is 12.4. The van der Waals surface area contributed by atoms with Crippen molar-refractivity contribution in [3.8, 4) is 23.4 Å². The fraction of sp³-hybridized carbons (Fsp3) is 0.266. The summed E-state index contributed by atoms with van der Waals surface area (Å²) in [6, 6.07) is 26.8. The first kappa shape index (κ1) is 96.7. The maximum absolute atomic E-state index is 12.4. The number of sulfone groups is 1. The lowest BCUT2D eigenvalue weighted by Crippen LogP contribution is -2.10. The van der Waals surface area contributed by atoms with Crippen LogP contribution in [0.25, 0.3) is 16.7 Å². The summed E-state index contributed by atoms with van der Waals surface area (Å²) >= 11 is 0.435. The lowest BCUT2D eigenvalue weighted by molar-refractivity contribution is -0.385. The van der Waals surface area contributed by atoms with Crippen LogP contribution in [-0.4, -0.2) is 194 Å². The van der Waals surface area contributed by atoms with Crippen LogP contribution in [0, 0.1) is 42.2 Å². The van der Waals surface area contributed by atoms with Crippen molar-refractivity contribution in [1.29, 1.82) is 5.26 Å². The second kappa shape index (κ2) is 42.7. The van der Waals surface area contributed by atoms with Crippen molar-refractivity contribution in [2.75, 3.05) is 70.6 Å². The zero-order chi connectivity index (χ0) is 88.8. The highest BCUT2D eigenvalue weighted by molar-refractivity contribution is 8.09. The number of nitrogens with zero attached hydrogens (tertiary/aromatic N) is 15. The number of aliphatic hydroxyl groups is 1. The number of nitro benzene ring substituents is 1. The van der Waals surface area contributed by atoms with E-state index in [0.29, 0.717) is 39.7 Å². The van der Waals surface area contributed by atoms with E-state index in [4.69, 9.17) is 31.8 Å². The molecular formula is C64H67N17O28S11. The van der Waals surface area contributed by atoms with Crippen LogP contribution in [0.5, 0.6) is 17.4 Å². The first-order valence-corrected chi connectivity index (χ1v) is 47.8. The van der Waals surface area contributed by atoms with E-state index in [1.165, 1.54) is 54.8 Å². The molecule has 0 spiro atoms. The molecular weight excluding hydrogens is 1810 g/mol. The Kier molecular flexibility index (Phi) is 34.4. The summed E-state index contributed by atoms with van der Waals surface area (Å²) in [5.41, 5.74) is 1.26. The van der Waals surface area contributed by atoms with Gasteiger partial charge in [-0.05, 0) is 130 Å². The van der Waals surface area contributed by atoms with E-state index in [1.807, 2.05) is 0 Å². The van der Waals surface area contributed by atoms with Crippen LogP contribution in [0.1, 0.15) is 47.9 Å². The number of imidazole rings is 1. The Balaban J connectivity index is 0.00000130. The number of hydrogen-bond donors (Lipinski definition) is 10. The number of fused-ring (bicyclic) bond motifs is 3. The summed E-state index contributed by atoms with van der Waals surface area (Å²) < 4.78 is 244. The molecule has 0 amide bonds. The number of nitriles is 1. The number of pyridine rings is 1. The molecule has 1 atom stereocenters. The molecule has 0 fully saturated rings. The van der Waals surface area contributed by atoms with E-state index in [2.05, 4.69) is 84.1 Å². The number of ether oxygens (including phenoxy) is 2. The molecule has 9 aromatic rings. The summed E-state index contributed by atoms with van der Waals surface area (Å²) in [6.07, 6.45) is -0.463. The van der Waals surface area contributed by atoms with E-state index in [-0.39, 0.29) is 144 Å². The Morgan fingerprint density at radius 2 is 1.11 bits per heavy atom. The summed E-state index contributed by atoms with van der Waals surface area (Å²) in [5.74, 6) is -3.92. The van der Waals surface area contributed by atoms with Crippen LogP contribution in [0.15, 0.2) is 175 Å².